The molecule has 6 heteroatoms. The van der Waals surface area contributed by atoms with E-state index in [9.17, 15) is 9.18 Å². The molecule has 0 aliphatic carbocycles. The van der Waals surface area contributed by atoms with Gasteiger partial charge in [0.15, 0.2) is 6.61 Å². The van der Waals surface area contributed by atoms with E-state index in [1.165, 1.54) is 23.5 Å². The minimum atomic E-state index is -0.302. The van der Waals surface area contributed by atoms with Crippen LogP contribution in [0.2, 0.25) is 0 Å². The van der Waals surface area contributed by atoms with Crippen LogP contribution in [0.25, 0.3) is 0 Å². The van der Waals surface area contributed by atoms with E-state index in [1.807, 2.05) is 24.4 Å². The molecule has 1 atom stereocenters. The first-order chi connectivity index (χ1) is 10.1. The lowest BCUT2D eigenvalue weighted by Gasteiger charge is -2.13. The van der Waals surface area contributed by atoms with Crippen molar-refractivity contribution in [2.45, 2.75) is 13.0 Å². The Hall–Kier alpha value is -2.21. The molecule has 21 heavy (non-hydrogen) atoms. The summed E-state index contributed by atoms with van der Waals surface area (Å²) in [6, 6.07) is 9.58. The van der Waals surface area contributed by atoms with Crippen molar-refractivity contribution in [2.75, 3.05) is 6.61 Å². The first kappa shape index (κ1) is 15.2. The number of rotatable bonds is 6. The number of amides is 1. The van der Waals surface area contributed by atoms with E-state index in [0.29, 0.717) is 0 Å². The normalized spacial score (nSPS) is 12.3. The second-order valence-corrected chi connectivity index (χ2v) is 5.34. The zero-order valence-corrected chi connectivity index (χ0v) is 12.3. The molecule has 1 amide bonds. The highest BCUT2D eigenvalue weighted by Gasteiger charge is 2.09. The van der Waals surface area contributed by atoms with Crippen molar-refractivity contribution in [3.63, 3.8) is 0 Å². The molecule has 110 valence electrons. The topological polar surface area (TPSA) is 50.7 Å². The molecule has 0 aliphatic rings. The second-order valence-electron chi connectivity index (χ2n) is 4.36. The summed E-state index contributed by atoms with van der Waals surface area (Å²) in [7, 11) is 0. The predicted molar refractivity (Wildman–Crippen MR) is 80.8 cm³/mol. The summed E-state index contributed by atoms with van der Waals surface area (Å²) in [4.78, 5) is 17.6. The third kappa shape index (κ3) is 5.00. The molecule has 0 fully saturated rings. The van der Waals surface area contributed by atoms with Gasteiger partial charge < -0.3 is 10.2 Å². The Morgan fingerprint density at radius 2 is 2.19 bits per heavy atom. The van der Waals surface area contributed by atoms with Gasteiger partial charge in [0.05, 0.1) is 12.3 Å². The van der Waals surface area contributed by atoms with Crippen LogP contribution >= 0.6 is 11.3 Å². The molecule has 0 saturated carbocycles. The molecule has 2 rings (SSSR count). The maximum Gasteiger partial charge on any atom is 0.261 e. The van der Waals surface area contributed by atoms with Crippen molar-refractivity contribution in [1.82, 2.24) is 5.32 Å². The Morgan fingerprint density at radius 1 is 1.43 bits per heavy atom. The summed E-state index contributed by atoms with van der Waals surface area (Å²) >= 11 is 1.53. The van der Waals surface area contributed by atoms with E-state index in [-0.39, 0.29) is 24.4 Å². The molecule has 0 aliphatic heterocycles. The van der Waals surface area contributed by atoms with E-state index < -0.39 is 0 Å². The molecule has 4 nitrogen and oxygen atoms in total. The van der Waals surface area contributed by atoms with Gasteiger partial charge in [0.2, 0.25) is 0 Å². The van der Waals surface area contributed by atoms with Gasteiger partial charge in [-0.05, 0) is 36.1 Å². The fourth-order valence-electron chi connectivity index (χ4n) is 1.67. The summed E-state index contributed by atoms with van der Waals surface area (Å²) in [6.45, 7) is 1.66. The average Bonchev–Trinajstić information content (AvgIpc) is 2.97. The zero-order valence-electron chi connectivity index (χ0n) is 11.5. The summed E-state index contributed by atoms with van der Waals surface area (Å²) in [5, 5.41) is 8.40. The minimum absolute atomic E-state index is 0.159. The number of benzene rings is 1. The number of hydrogen-bond donors (Lipinski definition) is 1. The van der Waals surface area contributed by atoms with Crippen molar-refractivity contribution >= 4 is 23.5 Å². The van der Waals surface area contributed by atoms with E-state index >= 15 is 0 Å². The SMILES string of the molecule is C[C@H](NC(=O)CO/N=C\c1cccs1)c1ccc(F)cc1. The Morgan fingerprint density at radius 3 is 2.86 bits per heavy atom. The van der Waals surface area contributed by atoms with Gasteiger partial charge in [-0.2, -0.15) is 0 Å². The summed E-state index contributed by atoms with van der Waals surface area (Å²) in [5.41, 5.74) is 0.826. The molecule has 0 saturated heterocycles. The van der Waals surface area contributed by atoms with Crippen LogP contribution in [0.5, 0.6) is 0 Å². The highest BCUT2D eigenvalue weighted by molar-refractivity contribution is 7.11. The molecule has 1 N–H and O–H groups in total. The Balaban J connectivity index is 1.75. The molecule has 1 aromatic carbocycles. The molecular weight excluding hydrogens is 291 g/mol. The van der Waals surface area contributed by atoms with Gasteiger partial charge in [0.1, 0.15) is 5.82 Å². The van der Waals surface area contributed by atoms with E-state index in [2.05, 4.69) is 10.5 Å². The third-order valence-electron chi connectivity index (χ3n) is 2.74. The van der Waals surface area contributed by atoms with E-state index in [0.717, 1.165) is 10.4 Å². The van der Waals surface area contributed by atoms with Crippen molar-refractivity contribution in [1.29, 1.82) is 0 Å². The highest BCUT2D eigenvalue weighted by atomic mass is 32.1. The third-order valence-corrected chi connectivity index (χ3v) is 3.55. The molecule has 0 spiro atoms. The number of hydrogen-bond acceptors (Lipinski definition) is 4. The Bertz CT molecular complexity index is 597. The predicted octanol–water partition coefficient (Wildman–Crippen LogP) is 3.12. The Kier molecular flexibility index (Phi) is 5.45. The lowest BCUT2D eigenvalue weighted by molar-refractivity contribution is -0.126. The average molecular weight is 306 g/mol. The monoisotopic (exact) mass is 306 g/mol. The maximum atomic E-state index is 12.8. The fraction of sp³-hybridized carbons (Fsp3) is 0.200. The smallest absolute Gasteiger partial charge is 0.261 e. The fourth-order valence-corrected chi connectivity index (χ4v) is 2.24. The highest BCUT2D eigenvalue weighted by Crippen LogP contribution is 2.12. The first-order valence-corrected chi connectivity index (χ1v) is 7.27. The standard InChI is InChI=1S/C15H15FN2O2S/c1-11(12-4-6-13(16)7-5-12)18-15(19)10-20-17-9-14-3-2-8-21-14/h2-9,11H,10H2,1H3,(H,18,19)/b17-9-/t11-/m0/s1. The number of halogens is 1. The van der Waals surface area contributed by atoms with Crippen molar-refractivity contribution in [2.24, 2.45) is 5.16 Å². The van der Waals surface area contributed by atoms with Crippen LogP contribution in [-0.2, 0) is 9.63 Å². The van der Waals surface area contributed by atoms with Crippen LogP contribution in [0, 0.1) is 5.82 Å². The van der Waals surface area contributed by atoms with Gasteiger partial charge in [0, 0.05) is 4.88 Å². The van der Waals surface area contributed by atoms with Crippen molar-refractivity contribution in [3.8, 4) is 0 Å². The number of nitrogens with one attached hydrogen (secondary N) is 1. The number of nitrogens with zero attached hydrogens (tertiary/aromatic N) is 1. The molecule has 0 unspecified atom stereocenters. The summed E-state index contributed by atoms with van der Waals surface area (Å²) < 4.78 is 12.8. The summed E-state index contributed by atoms with van der Waals surface area (Å²) in [5.74, 6) is -0.585. The molecule has 0 bridgehead atoms. The molecule has 2 aromatic rings. The number of carbonyl (C=O) groups excluding carboxylic acids is 1. The lowest BCUT2D eigenvalue weighted by atomic mass is 10.1. The molecule has 0 radical (unpaired) electrons. The number of carbonyl (C=O) groups is 1. The molecule has 1 heterocycles. The van der Waals surface area contributed by atoms with Gasteiger partial charge in [-0.1, -0.05) is 23.4 Å². The van der Waals surface area contributed by atoms with Crippen LogP contribution in [0.3, 0.4) is 0 Å². The molecule has 1 aromatic heterocycles. The van der Waals surface area contributed by atoms with Gasteiger partial charge in [0.25, 0.3) is 5.91 Å². The van der Waals surface area contributed by atoms with Crippen LogP contribution in [0.1, 0.15) is 23.4 Å². The van der Waals surface area contributed by atoms with Crippen molar-refractivity contribution in [3.05, 3.63) is 58.0 Å². The quantitative estimate of drug-likeness (QED) is 0.658. The second kappa shape index (κ2) is 7.54. The van der Waals surface area contributed by atoms with Crippen LogP contribution in [-0.4, -0.2) is 18.7 Å². The number of oxime groups is 1. The zero-order chi connectivity index (χ0) is 15.1. The first-order valence-electron chi connectivity index (χ1n) is 6.39. The molecular formula is C15H15FN2O2S. The van der Waals surface area contributed by atoms with Crippen LogP contribution < -0.4 is 5.32 Å². The van der Waals surface area contributed by atoms with Crippen LogP contribution in [0.15, 0.2) is 46.9 Å². The van der Waals surface area contributed by atoms with Gasteiger partial charge in [-0.15, -0.1) is 11.3 Å². The summed E-state index contributed by atoms with van der Waals surface area (Å²) in [6.07, 6.45) is 1.56. The van der Waals surface area contributed by atoms with E-state index in [4.69, 9.17) is 4.84 Å². The van der Waals surface area contributed by atoms with Gasteiger partial charge in [-0.3, -0.25) is 4.79 Å². The maximum absolute atomic E-state index is 12.8. The van der Waals surface area contributed by atoms with Gasteiger partial charge >= 0.3 is 0 Å². The number of thiophene rings is 1. The van der Waals surface area contributed by atoms with Crippen LogP contribution in [0.4, 0.5) is 4.39 Å². The minimum Gasteiger partial charge on any atom is -0.386 e. The Labute approximate surface area is 126 Å². The van der Waals surface area contributed by atoms with Crippen molar-refractivity contribution < 1.29 is 14.0 Å². The van der Waals surface area contributed by atoms with E-state index in [1.54, 1.807) is 18.3 Å². The van der Waals surface area contributed by atoms with Gasteiger partial charge in [-0.25, -0.2) is 4.39 Å². The lowest BCUT2D eigenvalue weighted by Crippen LogP contribution is -2.29. The largest absolute Gasteiger partial charge is 0.386 e.